The molecule has 2 aromatic carbocycles. The van der Waals surface area contributed by atoms with Crippen LogP contribution in [-0.2, 0) is 12.1 Å². The van der Waals surface area contributed by atoms with Crippen LogP contribution in [0.15, 0.2) is 48.5 Å². The zero-order valence-electron chi connectivity index (χ0n) is 15.1. The molecule has 0 unspecified atom stereocenters. The van der Waals surface area contributed by atoms with Gasteiger partial charge in [-0.15, -0.1) is 0 Å². The van der Waals surface area contributed by atoms with E-state index in [4.69, 9.17) is 10.00 Å². The first-order chi connectivity index (χ1) is 12.6. The minimum Gasteiger partial charge on any atom is -0.497 e. The molecule has 0 bridgehead atoms. The summed E-state index contributed by atoms with van der Waals surface area (Å²) in [6.07, 6.45) is 1.88. The lowest BCUT2D eigenvalue weighted by Gasteiger charge is -2.31. The molecule has 4 heteroatoms. The summed E-state index contributed by atoms with van der Waals surface area (Å²) in [7, 11) is 1.66. The molecule has 0 spiro atoms. The number of hydrogen-bond acceptors (Lipinski definition) is 4. The van der Waals surface area contributed by atoms with Gasteiger partial charge in [0, 0.05) is 25.6 Å². The predicted octanol–water partition coefficient (Wildman–Crippen LogP) is 3.30. The van der Waals surface area contributed by atoms with Gasteiger partial charge >= 0.3 is 0 Å². The highest BCUT2D eigenvalue weighted by Gasteiger charge is 2.52. The molecule has 3 atom stereocenters. The minimum absolute atomic E-state index is 0.257. The lowest BCUT2D eigenvalue weighted by atomic mass is 9.82. The predicted molar refractivity (Wildman–Crippen MR) is 99.5 cm³/mol. The Morgan fingerprint density at radius 3 is 2.77 bits per heavy atom. The van der Waals surface area contributed by atoms with E-state index in [1.807, 2.05) is 48.5 Å². The van der Waals surface area contributed by atoms with Crippen molar-refractivity contribution in [2.75, 3.05) is 20.2 Å². The molecule has 1 saturated carbocycles. The number of fused-ring (bicyclic) bond motifs is 1. The monoisotopic (exact) mass is 348 g/mol. The Hall–Kier alpha value is -2.35. The van der Waals surface area contributed by atoms with Gasteiger partial charge in [-0.25, -0.2) is 0 Å². The maximum absolute atomic E-state index is 11.5. The zero-order chi connectivity index (χ0) is 18.1. The smallest absolute Gasteiger partial charge is 0.119 e. The molecule has 1 saturated heterocycles. The topological polar surface area (TPSA) is 56.5 Å². The van der Waals surface area contributed by atoms with Gasteiger partial charge in [0.15, 0.2) is 0 Å². The van der Waals surface area contributed by atoms with E-state index in [0.29, 0.717) is 11.5 Å². The average molecular weight is 348 g/mol. The first-order valence-electron chi connectivity index (χ1n) is 9.20. The molecule has 4 nitrogen and oxygen atoms in total. The van der Waals surface area contributed by atoms with E-state index in [0.717, 1.165) is 43.8 Å². The molecule has 0 amide bonds. The molecule has 1 aliphatic carbocycles. The van der Waals surface area contributed by atoms with E-state index in [1.165, 1.54) is 5.56 Å². The van der Waals surface area contributed by atoms with Crippen LogP contribution in [-0.4, -0.2) is 30.2 Å². The van der Waals surface area contributed by atoms with Crippen LogP contribution in [0.4, 0.5) is 0 Å². The minimum atomic E-state index is -0.765. The molecule has 0 aromatic heterocycles. The van der Waals surface area contributed by atoms with Gasteiger partial charge in [0.1, 0.15) is 5.75 Å². The number of rotatable bonds is 4. The van der Waals surface area contributed by atoms with Crippen LogP contribution in [0.2, 0.25) is 0 Å². The number of ether oxygens (including phenoxy) is 1. The van der Waals surface area contributed by atoms with Gasteiger partial charge < -0.3 is 9.84 Å². The van der Waals surface area contributed by atoms with Gasteiger partial charge in [0.05, 0.1) is 24.3 Å². The largest absolute Gasteiger partial charge is 0.497 e. The van der Waals surface area contributed by atoms with Gasteiger partial charge in [0.2, 0.25) is 0 Å². The second-order valence-corrected chi connectivity index (χ2v) is 7.56. The molecular weight excluding hydrogens is 324 g/mol. The third-order valence-corrected chi connectivity index (χ3v) is 6.09. The van der Waals surface area contributed by atoms with Gasteiger partial charge in [0.25, 0.3) is 0 Å². The third-order valence-electron chi connectivity index (χ3n) is 6.09. The fourth-order valence-corrected chi connectivity index (χ4v) is 4.71. The molecular formula is C22H24N2O2. The average Bonchev–Trinajstić information content (AvgIpc) is 3.23. The highest BCUT2D eigenvalue weighted by atomic mass is 16.5. The van der Waals surface area contributed by atoms with E-state index in [1.54, 1.807) is 7.11 Å². The second-order valence-electron chi connectivity index (χ2n) is 7.56. The van der Waals surface area contributed by atoms with Crippen molar-refractivity contribution in [3.63, 3.8) is 0 Å². The van der Waals surface area contributed by atoms with Crippen LogP contribution >= 0.6 is 0 Å². The van der Waals surface area contributed by atoms with Crippen molar-refractivity contribution in [2.45, 2.75) is 25.0 Å². The van der Waals surface area contributed by atoms with Crippen molar-refractivity contribution >= 4 is 0 Å². The van der Waals surface area contributed by atoms with Crippen molar-refractivity contribution in [1.29, 1.82) is 5.26 Å². The number of aliphatic hydroxyl groups is 1. The van der Waals surface area contributed by atoms with E-state index >= 15 is 0 Å². The fourth-order valence-electron chi connectivity index (χ4n) is 4.71. The summed E-state index contributed by atoms with van der Waals surface area (Å²) in [6.45, 7) is 2.79. The van der Waals surface area contributed by atoms with E-state index in [2.05, 4.69) is 11.0 Å². The number of hydrogen-bond donors (Lipinski definition) is 1. The number of nitriles is 1. The Labute approximate surface area is 154 Å². The van der Waals surface area contributed by atoms with E-state index < -0.39 is 5.60 Å². The molecule has 1 aliphatic heterocycles. The third kappa shape index (κ3) is 2.98. The van der Waals surface area contributed by atoms with Crippen molar-refractivity contribution in [3.8, 4) is 11.8 Å². The van der Waals surface area contributed by atoms with Gasteiger partial charge in [-0.1, -0.05) is 24.3 Å². The first kappa shape index (κ1) is 17.1. The van der Waals surface area contributed by atoms with Gasteiger partial charge in [-0.2, -0.15) is 5.26 Å². The van der Waals surface area contributed by atoms with Crippen LogP contribution in [0, 0.1) is 23.2 Å². The van der Waals surface area contributed by atoms with Gasteiger partial charge in [-0.3, -0.25) is 4.90 Å². The first-order valence-corrected chi connectivity index (χ1v) is 9.20. The standard InChI is InChI=1S/C22H24N2O2/c1-26-20-4-2-3-19(11-20)22(25)10-9-18-14-24(15-21(18)22)13-17-7-5-16(12-23)6-8-17/h2-8,11,18,21,25H,9-10,13-15H2,1H3/t18-,21+,22+/m0/s1. The number of likely N-dealkylation sites (tertiary alicyclic amines) is 1. The molecule has 2 fully saturated rings. The maximum atomic E-state index is 11.5. The zero-order valence-corrected chi connectivity index (χ0v) is 15.1. The quantitative estimate of drug-likeness (QED) is 0.921. The van der Waals surface area contributed by atoms with Crippen molar-refractivity contribution < 1.29 is 9.84 Å². The Morgan fingerprint density at radius 2 is 2.04 bits per heavy atom. The van der Waals surface area contributed by atoms with Crippen molar-refractivity contribution in [1.82, 2.24) is 4.90 Å². The summed E-state index contributed by atoms with van der Waals surface area (Å²) in [4.78, 5) is 2.43. The molecule has 134 valence electrons. The Balaban J connectivity index is 1.50. The van der Waals surface area contributed by atoms with Crippen LogP contribution in [0.3, 0.4) is 0 Å². The SMILES string of the molecule is COc1cccc([C@]2(O)CC[C@H]3CN(Cc4ccc(C#N)cc4)C[C@H]32)c1. The Bertz CT molecular complexity index is 827. The fraction of sp³-hybridized carbons (Fsp3) is 0.409. The van der Waals surface area contributed by atoms with Crippen molar-refractivity contribution in [3.05, 3.63) is 65.2 Å². The maximum Gasteiger partial charge on any atom is 0.119 e. The van der Waals surface area contributed by atoms with E-state index in [-0.39, 0.29) is 5.92 Å². The highest BCUT2D eigenvalue weighted by molar-refractivity contribution is 5.35. The number of benzene rings is 2. The van der Waals surface area contributed by atoms with Crippen LogP contribution in [0.1, 0.15) is 29.5 Å². The molecule has 1 heterocycles. The summed E-state index contributed by atoms with van der Waals surface area (Å²) in [5.41, 5.74) is 2.12. The van der Waals surface area contributed by atoms with E-state index in [9.17, 15) is 5.11 Å². The molecule has 0 radical (unpaired) electrons. The van der Waals surface area contributed by atoms with Crippen LogP contribution in [0.25, 0.3) is 0 Å². The summed E-state index contributed by atoms with van der Waals surface area (Å²) in [5, 5.41) is 20.4. The van der Waals surface area contributed by atoms with Crippen LogP contribution in [0.5, 0.6) is 5.75 Å². The van der Waals surface area contributed by atoms with Crippen LogP contribution < -0.4 is 4.74 Å². The number of nitrogens with zero attached hydrogens (tertiary/aromatic N) is 2. The molecule has 1 N–H and O–H groups in total. The lowest BCUT2D eigenvalue weighted by molar-refractivity contribution is -0.00699. The summed E-state index contributed by atoms with van der Waals surface area (Å²) >= 11 is 0. The van der Waals surface area contributed by atoms with Crippen molar-refractivity contribution in [2.24, 2.45) is 11.8 Å². The lowest BCUT2D eigenvalue weighted by Crippen LogP contribution is -2.34. The molecule has 4 rings (SSSR count). The summed E-state index contributed by atoms with van der Waals surface area (Å²) < 4.78 is 5.35. The number of methoxy groups -OCH3 is 1. The normalized spacial score (nSPS) is 27.9. The summed E-state index contributed by atoms with van der Waals surface area (Å²) in [6, 6.07) is 17.8. The molecule has 2 aromatic rings. The molecule has 2 aliphatic rings. The van der Waals surface area contributed by atoms with Gasteiger partial charge in [-0.05, 0) is 54.2 Å². The summed E-state index contributed by atoms with van der Waals surface area (Å²) in [5.74, 6) is 1.59. The molecule has 26 heavy (non-hydrogen) atoms. The second kappa shape index (κ2) is 6.75. The highest BCUT2D eigenvalue weighted by Crippen LogP contribution is 2.51. The Morgan fingerprint density at radius 1 is 1.23 bits per heavy atom. The Kier molecular flexibility index (Phi) is 4.44.